The van der Waals surface area contributed by atoms with Gasteiger partial charge in [-0.15, -0.1) is 0 Å². The van der Waals surface area contributed by atoms with Crippen molar-refractivity contribution in [2.45, 2.75) is 81.1 Å². The van der Waals surface area contributed by atoms with E-state index in [0.717, 1.165) is 31.3 Å². The Morgan fingerprint density at radius 2 is 0.800 bits per heavy atom. The van der Waals surface area contributed by atoms with Crippen molar-refractivity contribution in [1.82, 2.24) is 0 Å². The summed E-state index contributed by atoms with van der Waals surface area (Å²) in [6.45, 7) is 25.5. The van der Waals surface area contributed by atoms with E-state index in [1.807, 2.05) is 6.92 Å². The maximum Gasteiger partial charge on any atom is 0.197 e. The van der Waals surface area contributed by atoms with Crippen molar-refractivity contribution in [1.29, 1.82) is 0 Å². The molecule has 5 heteroatoms. The van der Waals surface area contributed by atoms with Crippen LogP contribution in [0.5, 0.6) is 0 Å². The lowest BCUT2D eigenvalue weighted by molar-refractivity contribution is 0.351. The smallest absolute Gasteiger partial charge is 0.197 e. The Kier molecular flexibility index (Phi) is 25.2. The maximum absolute atomic E-state index is 11.7. The third-order valence-electron chi connectivity index (χ3n) is 7.05. The van der Waals surface area contributed by atoms with E-state index in [-0.39, 0.29) is 0 Å². The van der Waals surface area contributed by atoms with Gasteiger partial charge in [0.15, 0.2) is 7.37 Å². The van der Waals surface area contributed by atoms with Crippen LogP contribution in [0.25, 0.3) is 0 Å². The van der Waals surface area contributed by atoms with Crippen molar-refractivity contribution >= 4 is 20.8 Å². The molecule has 276 valence electrons. The molecule has 0 aliphatic heterocycles. The average Bonchev–Trinajstić information content (AvgIpc) is 3.00. The molecular formula is C45H68O3P2. The highest BCUT2D eigenvalue weighted by Gasteiger charge is 2.06. The van der Waals surface area contributed by atoms with Gasteiger partial charge in [0.25, 0.3) is 0 Å². The van der Waals surface area contributed by atoms with Gasteiger partial charge in [-0.3, -0.25) is 4.57 Å². The van der Waals surface area contributed by atoms with Gasteiger partial charge in [0.1, 0.15) is 0 Å². The Hall–Kier alpha value is -2.93. The number of hydrogen-bond acceptors (Lipinski definition) is 3. The predicted molar refractivity (Wildman–Crippen MR) is 231 cm³/mol. The van der Waals surface area contributed by atoms with Gasteiger partial charge in [-0.1, -0.05) is 160 Å². The second-order valence-corrected chi connectivity index (χ2v) is 20.2. The Balaban J connectivity index is 4.71. The SMILES string of the molecule is C=P(C)(C)OC/C(C)=C/CC/C(C)=C/C=C/C(C)=C/C=C/C(C)=C/C=C/C=C(C)/C=C/C=C(C)/C=C/C=C(\C)CC/C=C(\C)COP(C)(C)=O. The van der Waals surface area contributed by atoms with Crippen LogP contribution in [0.1, 0.15) is 81.1 Å². The van der Waals surface area contributed by atoms with Crippen molar-refractivity contribution in [2.75, 3.05) is 39.9 Å². The second-order valence-electron chi connectivity index (χ2n) is 14.0. The second kappa shape index (κ2) is 26.8. The van der Waals surface area contributed by atoms with Crippen molar-refractivity contribution < 1.29 is 13.6 Å². The minimum atomic E-state index is -2.42. The van der Waals surface area contributed by atoms with E-state index in [2.05, 4.69) is 177 Å². The van der Waals surface area contributed by atoms with E-state index in [4.69, 9.17) is 9.05 Å². The molecule has 0 aliphatic rings. The number of rotatable bonds is 22. The Labute approximate surface area is 308 Å². The van der Waals surface area contributed by atoms with Gasteiger partial charge in [-0.05, 0) is 102 Å². The molecule has 0 spiro atoms. The summed E-state index contributed by atoms with van der Waals surface area (Å²) in [5.41, 5.74) is 9.87. The molecule has 0 saturated carbocycles. The molecule has 0 N–H and O–H groups in total. The minimum Gasteiger partial charge on any atom is -0.358 e. The molecule has 0 radical (unpaired) electrons. The lowest BCUT2D eigenvalue weighted by Crippen LogP contribution is -1.93. The molecule has 0 rings (SSSR count). The Morgan fingerprint density at radius 1 is 0.480 bits per heavy atom. The summed E-state index contributed by atoms with van der Waals surface area (Å²) in [6, 6.07) is 0. The summed E-state index contributed by atoms with van der Waals surface area (Å²) in [6.07, 6.45) is 46.5. The van der Waals surface area contributed by atoms with Gasteiger partial charge in [0, 0.05) is 13.3 Å². The molecule has 0 aromatic rings. The molecule has 0 heterocycles. The van der Waals surface area contributed by atoms with Crippen LogP contribution in [0, 0.1) is 0 Å². The van der Waals surface area contributed by atoms with Crippen LogP contribution in [0.15, 0.2) is 154 Å². The molecule has 0 fully saturated rings. The first kappa shape index (κ1) is 47.1. The molecule has 3 nitrogen and oxygen atoms in total. The predicted octanol–water partition coefficient (Wildman–Crippen LogP) is 14.1. The molecule has 50 heavy (non-hydrogen) atoms. The summed E-state index contributed by atoms with van der Waals surface area (Å²) in [4.78, 5) is 0. The summed E-state index contributed by atoms with van der Waals surface area (Å²) >= 11 is 0. The van der Waals surface area contributed by atoms with Crippen molar-refractivity contribution in [3.8, 4) is 0 Å². The average molecular weight is 719 g/mol. The van der Waals surface area contributed by atoms with Crippen molar-refractivity contribution in [3.63, 3.8) is 0 Å². The highest BCUT2D eigenvalue weighted by Crippen LogP contribution is 2.37. The fourth-order valence-corrected chi connectivity index (χ4v) is 5.05. The molecule has 0 aliphatic carbocycles. The zero-order valence-corrected chi connectivity index (χ0v) is 35.3. The fourth-order valence-electron chi connectivity index (χ4n) is 3.98. The van der Waals surface area contributed by atoms with Crippen LogP contribution < -0.4 is 0 Å². The van der Waals surface area contributed by atoms with Crippen LogP contribution in [0.2, 0.25) is 0 Å². The largest absolute Gasteiger partial charge is 0.358 e. The van der Waals surface area contributed by atoms with Crippen molar-refractivity contribution in [3.05, 3.63) is 154 Å². The van der Waals surface area contributed by atoms with Crippen molar-refractivity contribution in [2.24, 2.45) is 0 Å². The first-order chi connectivity index (χ1) is 23.4. The number of allylic oxidation sites excluding steroid dienone is 24. The third kappa shape index (κ3) is 32.3. The van der Waals surface area contributed by atoms with E-state index in [1.165, 1.54) is 39.0 Å². The van der Waals surface area contributed by atoms with Gasteiger partial charge in [-0.25, -0.2) is 0 Å². The lowest BCUT2D eigenvalue weighted by atomic mass is 10.1. The third-order valence-corrected chi connectivity index (χ3v) is 8.63. The highest BCUT2D eigenvalue weighted by atomic mass is 31.2. The van der Waals surface area contributed by atoms with Gasteiger partial charge >= 0.3 is 0 Å². The first-order valence-electron chi connectivity index (χ1n) is 17.6. The van der Waals surface area contributed by atoms with E-state index in [0.29, 0.717) is 13.2 Å². The van der Waals surface area contributed by atoms with Gasteiger partial charge in [-0.2, -0.15) is 0 Å². The minimum absolute atomic E-state index is 0.438. The zero-order chi connectivity index (χ0) is 38.0. The maximum atomic E-state index is 11.7. The highest BCUT2D eigenvalue weighted by molar-refractivity contribution is 7.67. The Bertz CT molecular complexity index is 1430. The van der Waals surface area contributed by atoms with Crippen LogP contribution in [0.4, 0.5) is 0 Å². The molecule has 0 amide bonds. The quantitative estimate of drug-likeness (QED) is 0.0635. The zero-order valence-electron chi connectivity index (χ0n) is 33.5. The topological polar surface area (TPSA) is 35.5 Å². The normalized spacial score (nSPS) is 16.2. The lowest BCUT2D eigenvalue weighted by Gasteiger charge is -2.14. The van der Waals surface area contributed by atoms with Gasteiger partial charge < -0.3 is 9.05 Å². The molecule has 0 aromatic carbocycles. The molecule has 0 aromatic heterocycles. The van der Waals surface area contributed by atoms with Crippen LogP contribution in [0.3, 0.4) is 0 Å². The summed E-state index contributed by atoms with van der Waals surface area (Å²) in [5, 5.41) is 0. The molecule has 0 unspecified atom stereocenters. The van der Waals surface area contributed by atoms with Gasteiger partial charge in [0.05, 0.1) is 13.2 Å². The molecule has 0 atom stereocenters. The summed E-state index contributed by atoms with van der Waals surface area (Å²) < 4.78 is 22.9. The summed E-state index contributed by atoms with van der Waals surface area (Å²) in [5.74, 6) is 0. The van der Waals surface area contributed by atoms with Crippen LogP contribution >= 0.6 is 14.5 Å². The Morgan fingerprint density at radius 3 is 1.14 bits per heavy atom. The van der Waals surface area contributed by atoms with Crippen LogP contribution in [-0.2, 0) is 13.6 Å². The monoisotopic (exact) mass is 718 g/mol. The fraction of sp³-hybridized carbons (Fsp3) is 0.400. The molecular weight excluding hydrogens is 650 g/mol. The molecule has 0 bridgehead atoms. The van der Waals surface area contributed by atoms with Crippen LogP contribution in [-0.4, -0.2) is 46.2 Å². The van der Waals surface area contributed by atoms with E-state index >= 15 is 0 Å². The van der Waals surface area contributed by atoms with E-state index in [1.54, 1.807) is 13.3 Å². The number of hydrogen-bond donors (Lipinski definition) is 0. The standard InChI is InChI=1S/C45H68O3P2/c1-38(24-16-26-40(3)28-18-30-42(5)32-20-34-44(7)36-47-49(9,10)11)22-14-15-23-39(2)25-17-27-41(4)29-19-31-43(6)33-21-35-45(8)37-48-50(12,13)46/h14-19,22-31,34-35H,9,20-21,32-33,36-37H2,1-8,10-13H3/b15-14+,24-16+,25-17+,28-18+,29-19+,38-22+,39-23+,40-26+,41-27+,42-30+,43-31+,44-34+,45-35+. The van der Waals surface area contributed by atoms with E-state index in [9.17, 15) is 4.57 Å². The first-order valence-corrected chi connectivity index (χ1v) is 22.9. The van der Waals surface area contributed by atoms with Gasteiger partial charge in [0.2, 0.25) is 0 Å². The molecule has 0 saturated heterocycles. The summed E-state index contributed by atoms with van der Waals surface area (Å²) in [7, 11) is -3.85. The van der Waals surface area contributed by atoms with E-state index < -0.39 is 14.5 Å².